The van der Waals surface area contributed by atoms with E-state index in [0.717, 1.165) is 47.7 Å². The number of carbonyl (C=O) groups excluding carboxylic acids is 1. The predicted octanol–water partition coefficient (Wildman–Crippen LogP) is 3.40. The molecule has 3 N–H and O–H groups in total. The molecule has 3 aromatic rings. The van der Waals surface area contributed by atoms with E-state index in [1.165, 1.54) is 13.1 Å². The number of nitrogens with one attached hydrogen (secondary N) is 1. The van der Waals surface area contributed by atoms with Crippen molar-refractivity contribution in [3.63, 3.8) is 0 Å². The predicted molar refractivity (Wildman–Crippen MR) is 136 cm³/mol. The fourth-order valence-electron chi connectivity index (χ4n) is 3.97. The summed E-state index contributed by atoms with van der Waals surface area (Å²) in [5, 5.41) is 2.67. The SMILES string of the molecule is Cc1cn(-c2ccc(F)cc2OCC(F)(F)F)c(=O)c(C(=CN)C(=O)Nc2ccc(N3CCOCC3)cc2)n1. The lowest BCUT2D eigenvalue weighted by molar-refractivity contribution is -0.153. The van der Waals surface area contributed by atoms with Crippen LogP contribution in [0.2, 0.25) is 0 Å². The van der Waals surface area contributed by atoms with E-state index >= 15 is 0 Å². The first-order valence-electron chi connectivity index (χ1n) is 11.8. The number of morpholine rings is 1. The summed E-state index contributed by atoms with van der Waals surface area (Å²) < 4.78 is 63.1. The second-order valence-electron chi connectivity index (χ2n) is 8.60. The number of hydrogen-bond acceptors (Lipinski definition) is 7. The van der Waals surface area contributed by atoms with Crippen LogP contribution in [0.25, 0.3) is 11.3 Å². The molecule has 1 aliphatic rings. The Morgan fingerprint density at radius 3 is 2.51 bits per heavy atom. The van der Waals surface area contributed by atoms with Crippen LogP contribution in [0.4, 0.5) is 28.9 Å². The molecule has 0 bridgehead atoms. The van der Waals surface area contributed by atoms with Gasteiger partial charge in [0, 0.05) is 42.9 Å². The highest BCUT2D eigenvalue weighted by atomic mass is 19.4. The van der Waals surface area contributed by atoms with Crippen molar-refractivity contribution in [2.45, 2.75) is 13.1 Å². The topological polar surface area (TPSA) is 112 Å². The van der Waals surface area contributed by atoms with Gasteiger partial charge in [0.15, 0.2) is 6.61 Å². The lowest BCUT2D eigenvalue weighted by Crippen LogP contribution is -2.36. The highest BCUT2D eigenvalue weighted by molar-refractivity contribution is 6.24. The van der Waals surface area contributed by atoms with Crippen LogP contribution in [0.3, 0.4) is 0 Å². The van der Waals surface area contributed by atoms with Crippen LogP contribution < -0.4 is 26.2 Å². The molecule has 1 amide bonds. The first kappa shape index (κ1) is 27.6. The van der Waals surface area contributed by atoms with E-state index < -0.39 is 35.8 Å². The summed E-state index contributed by atoms with van der Waals surface area (Å²) in [4.78, 5) is 32.8. The van der Waals surface area contributed by atoms with Crippen molar-refractivity contribution in [1.82, 2.24) is 9.55 Å². The molecule has 13 heteroatoms. The maximum atomic E-state index is 13.8. The summed E-state index contributed by atoms with van der Waals surface area (Å²) in [6.07, 6.45) is -2.55. The van der Waals surface area contributed by atoms with Crippen molar-refractivity contribution in [3.05, 3.63) is 82.4 Å². The molecular formula is C26H25F4N5O4. The lowest BCUT2D eigenvalue weighted by Gasteiger charge is -2.28. The molecule has 0 radical (unpaired) electrons. The van der Waals surface area contributed by atoms with E-state index in [-0.39, 0.29) is 22.6 Å². The van der Waals surface area contributed by atoms with E-state index in [9.17, 15) is 27.2 Å². The molecule has 2 aromatic carbocycles. The van der Waals surface area contributed by atoms with Gasteiger partial charge in [0.2, 0.25) is 0 Å². The van der Waals surface area contributed by atoms with Gasteiger partial charge >= 0.3 is 6.18 Å². The van der Waals surface area contributed by atoms with Gasteiger partial charge < -0.3 is 25.4 Å². The monoisotopic (exact) mass is 547 g/mol. The minimum atomic E-state index is -4.69. The number of rotatable bonds is 7. The number of halogens is 4. The van der Waals surface area contributed by atoms with Crippen LogP contribution >= 0.6 is 0 Å². The normalized spacial score (nSPS) is 14.3. The van der Waals surface area contributed by atoms with E-state index in [1.54, 1.807) is 12.1 Å². The second-order valence-corrected chi connectivity index (χ2v) is 8.60. The van der Waals surface area contributed by atoms with Crippen LogP contribution in [0, 0.1) is 12.7 Å². The Kier molecular flexibility index (Phi) is 8.19. The molecule has 0 spiro atoms. The number of carbonyl (C=O) groups is 1. The average molecular weight is 548 g/mol. The lowest BCUT2D eigenvalue weighted by atomic mass is 10.1. The summed E-state index contributed by atoms with van der Waals surface area (Å²) >= 11 is 0. The molecule has 0 saturated carbocycles. The Labute approximate surface area is 220 Å². The average Bonchev–Trinajstić information content (AvgIpc) is 2.90. The molecular weight excluding hydrogens is 522 g/mol. The first-order chi connectivity index (χ1) is 18.6. The first-order valence-corrected chi connectivity index (χ1v) is 11.8. The largest absolute Gasteiger partial charge is 0.482 e. The quantitative estimate of drug-likeness (QED) is 0.345. The molecule has 1 fully saturated rings. The number of nitrogens with zero attached hydrogens (tertiary/aromatic N) is 3. The number of anilines is 2. The van der Waals surface area contributed by atoms with Crippen molar-refractivity contribution in [2.75, 3.05) is 43.1 Å². The van der Waals surface area contributed by atoms with Crippen LogP contribution in [0.15, 0.2) is 59.7 Å². The van der Waals surface area contributed by atoms with Crippen LogP contribution in [0.1, 0.15) is 11.4 Å². The van der Waals surface area contributed by atoms with E-state index in [2.05, 4.69) is 15.2 Å². The third-order valence-electron chi connectivity index (χ3n) is 5.77. The molecule has 2 heterocycles. The smallest absolute Gasteiger partial charge is 0.422 e. The zero-order valence-corrected chi connectivity index (χ0v) is 20.8. The summed E-state index contributed by atoms with van der Waals surface area (Å²) in [6, 6.07) is 9.85. The van der Waals surface area contributed by atoms with Gasteiger partial charge in [0.05, 0.1) is 30.2 Å². The van der Waals surface area contributed by atoms with Gasteiger partial charge in [-0.15, -0.1) is 0 Å². The number of amides is 1. The molecule has 0 atom stereocenters. The molecule has 1 aromatic heterocycles. The standard InChI is InChI=1S/C26H25F4N5O4/c1-16-14-35(21-7-2-17(27)12-22(21)39-15-26(28,29)30)25(37)23(32-16)20(13-31)24(36)33-18-3-5-19(6-4-18)34-8-10-38-11-9-34/h2-7,12-14H,8-11,15,31H2,1H3,(H,33,36). The number of aromatic nitrogens is 2. The zero-order valence-electron chi connectivity index (χ0n) is 20.8. The molecule has 9 nitrogen and oxygen atoms in total. The number of aryl methyl sites for hydroxylation is 1. The Balaban J connectivity index is 1.62. The minimum Gasteiger partial charge on any atom is -0.482 e. The summed E-state index contributed by atoms with van der Waals surface area (Å²) in [5.41, 5.74) is 5.66. The molecule has 0 aliphatic carbocycles. The van der Waals surface area contributed by atoms with Crippen molar-refractivity contribution < 1.29 is 31.8 Å². The van der Waals surface area contributed by atoms with Gasteiger partial charge in [-0.2, -0.15) is 13.2 Å². The van der Waals surface area contributed by atoms with Gasteiger partial charge in [-0.3, -0.25) is 14.2 Å². The van der Waals surface area contributed by atoms with Crippen LogP contribution in [0.5, 0.6) is 5.75 Å². The minimum absolute atomic E-state index is 0.173. The van der Waals surface area contributed by atoms with Crippen molar-refractivity contribution in [2.24, 2.45) is 5.73 Å². The van der Waals surface area contributed by atoms with Gasteiger partial charge in [-0.1, -0.05) is 0 Å². The van der Waals surface area contributed by atoms with Crippen molar-refractivity contribution in [1.29, 1.82) is 0 Å². The number of ether oxygens (including phenoxy) is 2. The summed E-state index contributed by atoms with van der Waals surface area (Å²) in [7, 11) is 0. The molecule has 39 heavy (non-hydrogen) atoms. The highest BCUT2D eigenvalue weighted by Gasteiger charge is 2.29. The number of benzene rings is 2. The van der Waals surface area contributed by atoms with E-state index in [4.69, 9.17) is 15.2 Å². The summed E-state index contributed by atoms with van der Waals surface area (Å²) in [5.74, 6) is -2.11. The molecule has 206 valence electrons. The molecule has 4 rings (SSSR count). The third-order valence-corrected chi connectivity index (χ3v) is 5.77. The molecule has 0 unspecified atom stereocenters. The number of alkyl halides is 3. The van der Waals surface area contributed by atoms with Gasteiger partial charge in [-0.05, 0) is 43.3 Å². The Morgan fingerprint density at radius 1 is 1.18 bits per heavy atom. The van der Waals surface area contributed by atoms with Gasteiger partial charge in [0.1, 0.15) is 17.3 Å². The second kappa shape index (κ2) is 11.6. The Hall–Kier alpha value is -4.39. The zero-order chi connectivity index (χ0) is 28.2. The fraction of sp³-hybridized carbons (Fsp3) is 0.269. The number of hydrogen-bond donors (Lipinski definition) is 2. The van der Waals surface area contributed by atoms with Crippen LogP contribution in [-0.4, -0.2) is 54.5 Å². The van der Waals surface area contributed by atoms with E-state index in [0.29, 0.717) is 18.9 Å². The number of nitrogens with two attached hydrogens (primary N) is 1. The van der Waals surface area contributed by atoms with Gasteiger partial charge in [0.25, 0.3) is 11.5 Å². The van der Waals surface area contributed by atoms with Crippen molar-refractivity contribution >= 4 is 22.9 Å². The third kappa shape index (κ3) is 6.74. The van der Waals surface area contributed by atoms with E-state index in [1.807, 2.05) is 12.1 Å². The maximum Gasteiger partial charge on any atom is 0.422 e. The Bertz CT molecular complexity index is 1430. The highest BCUT2D eigenvalue weighted by Crippen LogP contribution is 2.27. The summed E-state index contributed by atoms with van der Waals surface area (Å²) in [6.45, 7) is 2.55. The van der Waals surface area contributed by atoms with Crippen LogP contribution in [-0.2, 0) is 9.53 Å². The van der Waals surface area contributed by atoms with Gasteiger partial charge in [-0.25, -0.2) is 9.37 Å². The fourth-order valence-corrected chi connectivity index (χ4v) is 3.97. The Morgan fingerprint density at radius 2 is 1.87 bits per heavy atom. The molecule has 1 saturated heterocycles. The van der Waals surface area contributed by atoms with Crippen molar-refractivity contribution in [3.8, 4) is 11.4 Å². The molecule has 1 aliphatic heterocycles. The maximum absolute atomic E-state index is 13.8.